The molecular weight excluding hydrogens is 120 g/mol. The van der Waals surface area contributed by atoms with Crippen molar-refractivity contribution in [1.82, 2.24) is 0 Å². The van der Waals surface area contributed by atoms with Crippen LogP contribution in [0.15, 0.2) is 23.8 Å². The molecule has 58 valence electrons. The molecule has 0 aliphatic rings. The number of rotatable bonds is 4. The summed E-state index contributed by atoms with van der Waals surface area (Å²) in [5, 5.41) is 0. The van der Waals surface area contributed by atoms with Gasteiger partial charge in [0.15, 0.2) is 0 Å². The second-order valence-corrected chi connectivity index (χ2v) is 2.42. The van der Waals surface area contributed by atoms with Gasteiger partial charge in [-0.3, -0.25) is 0 Å². The lowest BCUT2D eigenvalue weighted by atomic mass is 10.1. The summed E-state index contributed by atoms with van der Waals surface area (Å²) in [5.41, 5.74) is 1.46. The normalized spacial score (nSPS) is 12.9. The third-order valence-corrected chi connectivity index (χ3v) is 1.48. The molecule has 0 aromatic carbocycles. The van der Waals surface area contributed by atoms with E-state index < -0.39 is 0 Å². The van der Waals surface area contributed by atoms with Gasteiger partial charge in [0.2, 0.25) is 0 Å². The minimum atomic E-state index is 1.16. The Morgan fingerprint density at radius 2 is 2.00 bits per heavy atom. The highest BCUT2D eigenvalue weighted by atomic mass is 13.9. The predicted molar refractivity (Wildman–Crippen MR) is 48.1 cm³/mol. The SMILES string of the molecule is CC=CC(=CCCC)CC. The van der Waals surface area contributed by atoms with Crippen molar-refractivity contribution in [3.8, 4) is 0 Å². The molecule has 0 fully saturated rings. The van der Waals surface area contributed by atoms with E-state index in [1.807, 2.05) is 0 Å². The molecule has 0 radical (unpaired) electrons. The number of allylic oxidation sites excluding steroid dienone is 4. The average Bonchev–Trinajstić information content (AvgIpc) is 1.98. The summed E-state index contributed by atoms with van der Waals surface area (Å²) < 4.78 is 0. The lowest BCUT2D eigenvalue weighted by Gasteiger charge is -1.94. The highest BCUT2D eigenvalue weighted by Gasteiger charge is 1.84. The monoisotopic (exact) mass is 138 g/mol. The second-order valence-electron chi connectivity index (χ2n) is 2.42. The molecule has 0 nitrogen and oxygen atoms in total. The van der Waals surface area contributed by atoms with Crippen molar-refractivity contribution in [2.45, 2.75) is 40.0 Å². The lowest BCUT2D eigenvalue weighted by Crippen LogP contribution is -1.74. The van der Waals surface area contributed by atoms with Crippen molar-refractivity contribution in [2.75, 3.05) is 0 Å². The summed E-state index contributed by atoms with van der Waals surface area (Å²) in [6.45, 7) is 6.47. The van der Waals surface area contributed by atoms with Gasteiger partial charge in [-0.15, -0.1) is 0 Å². The molecule has 0 aliphatic heterocycles. The van der Waals surface area contributed by atoms with Crippen LogP contribution < -0.4 is 0 Å². The van der Waals surface area contributed by atoms with E-state index in [1.165, 1.54) is 18.4 Å². The molecular formula is C10H18. The average molecular weight is 138 g/mol. The maximum Gasteiger partial charge on any atom is -0.0311 e. The molecule has 0 atom stereocenters. The van der Waals surface area contributed by atoms with Crippen molar-refractivity contribution in [3.63, 3.8) is 0 Å². The predicted octanol–water partition coefficient (Wildman–Crippen LogP) is 3.70. The van der Waals surface area contributed by atoms with Gasteiger partial charge in [-0.25, -0.2) is 0 Å². The van der Waals surface area contributed by atoms with Crippen LogP contribution in [0.25, 0.3) is 0 Å². The highest BCUT2D eigenvalue weighted by Crippen LogP contribution is 2.04. The summed E-state index contributed by atoms with van der Waals surface area (Å²) >= 11 is 0. The Kier molecular flexibility index (Phi) is 6.25. The van der Waals surface area contributed by atoms with E-state index in [9.17, 15) is 0 Å². The molecule has 0 amide bonds. The molecule has 0 spiro atoms. The molecule has 0 saturated carbocycles. The summed E-state index contributed by atoms with van der Waals surface area (Å²) in [5.74, 6) is 0. The highest BCUT2D eigenvalue weighted by molar-refractivity contribution is 5.17. The van der Waals surface area contributed by atoms with Gasteiger partial charge >= 0.3 is 0 Å². The van der Waals surface area contributed by atoms with Crippen LogP contribution >= 0.6 is 0 Å². The Hall–Kier alpha value is -0.520. The Balaban J connectivity index is 3.78. The largest absolute Gasteiger partial charge is 0.0874 e. The number of hydrogen-bond acceptors (Lipinski definition) is 0. The molecule has 0 heteroatoms. The van der Waals surface area contributed by atoms with Gasteiger partial charge in [0.1, 0.15) is 0 Å². The molecule has 10 heavy (non-hydrogen) atoms. The zero-order valence-corrected chi connectivity index (χ0v) is 7.35. The van der Waals surface area contributed by atoms with Crippen molar-refractivity contribution >= 4 is 0 Å². The van der Waals surface area contributed by atoms with Crippen molar-refractivity contribution in [1.29, 1.82) is 0 Å². The van der Waals surface area contributed by atoms with Gasteiger partial charge in [-0.05, 0) is 19.8 Å². The minimum Gasteiger partial charge on any atom is -0.0874 e. The summed E-state index contributed by atoms with van der Waals surface area (Å²) in [4.78, 5) is 0. The first kappa shape index (κ1) is 9.48. The molecule has 0 aromatic rings. The Morgan fingerprint density at radius 3 is 2.40 bits per heavy atom. The van der Waals surface area contributed by atoms with E-state index in [1.54, 1.807) is 0 Å². The van der Waals surface area contributed by atoms with Crippen LogP contribution in [0, 0.1) is 0 Å². The molecule has 0 N–H and O–H groups in total. The minimum absolute atomic E-state index is 1.16. The maximum atomic E-state index is 2.32. The fraction of sp³-hybridized carbons (Fsp3) is 0.600. The fourth-order valence-corrected chi connectivity index (χ4v) is 0.874. The van der Waals surface area contributed by atoms with E-state index in [0.29, 0.717) is 0 Å². The first-order valence-corrected chi connectivity index (χ1v) is 4.16. The standard InChI is InChI=1S/C10H18/c1-4-7-9-10(6-3)8-5-2/h5,8-9H,4,6-7H2,1-3H3. The molecule has 0 heterocycles. The van der Waals surface area contributed by atoms with Gasteiger partial charge in [0, 0.05) is 0 Å². The zero-order valence-electron chi connectivity index (χ0n) is 7.35. The maximum absolute atomic E-state index is 2.32. The molecule has 0 unspecified atom stereocenters. The summed E-state index contributed by atoms with van der Waals surface area (Å²) in [6.07, 6.45) is 10.2. The van der Waals surface area contributed by atoms with Gasteiger partial charge in [-0.2, -0.15) is 0 Å². The molecule has 0 bridgehead atoms. The lowest BCUT2D eigenvalue weighted by molar-refractivity contribution is 0.942. The van der Waals surface area contributed by atoms with Crippen LogP contribution in [-0.4, -0.2) is 0 Å². The Bertz CT molecular complexity index is 118. The van der Waals surface area contributed by atoms with Crippen LogP contribution in [0.4, 0.5) is 0 Å². The van der Waals surface area contributed by atoms with E-state index in [-0.39, 0.29) is 0 Å². The molecule has 0 aliphatic carbocycles. The van der Waals surface area contributed by atoms with Crippen LogP contribution in [-0.2, 0) is 0 Å². The third-order valence-electron chi connectivity index (χ3n) is 1.48. The molecule has 0 saturated heterocycles. The second kappa shape index (κ2) is 6.60. The topological polar surface area (TPSA) is 0 Å². The van der Waals surface area contributed by atoms with Crippen LogP contribution in [0.5, 0.6) is 0 Å². The zero-order chi connectivity index (χ0) is 7.82. The van der Waals surface area contributed by atoms with Gasteiger partial charge in [0.25, 0.3) is 0 Å². The van der Waals surface area contributed by atoms with Crippen LogP contribution in [0.1, 0.15) is 40.0 Å². The van der Waals surface area contributed by atoms with Crippen LogP contribution in [0.3, 0.4) is 0 Å². The molecule has 0 aromatic heterocycles. The fourth-order valence-electron chi connectivity index (χ4n) is 0.874. The van der Waals surface area contributed by atoms with Gasteiger partial charge in [0.05, 0.1) is 0 Å². The van der Waals surface area contributed by atoms with E-state index in [4.69, 9.17) is 0 Å². The Morgan fingerprint density at radius 1 is 1.30 bits per heavy atom. The van der Waals surface area contributed by atoms with Crippen molar-refractivity contribution in [3.05, 3.63) is 23.8 Å². The van der Waals surface area contributed by atoms with E-state index >= 15 is 0 Å². The first-order valence-electron chi connectivity index (χ1n) is 4.16. The number of unbranched alkanes of at least 4 members (excludes halogenated alkanes) is 1. The number of hydrogen-bond donors (Lipinski definition) is 0. The summed E-state index contributed by atoms with van der Waals surface area (Å²) in [6, 6.07) is 0. The van der Waals surface area contributed by atoms with E-state index in [0.717, 1.165) is 6.42 Å². The van der Waals surface area contributed by atoms with Gasteiger partial charge in [-0.1, -0.05) is 44.1 Å². The van der Waals surface area contributed by atoms with Crippen molar-refractivity contribution in [2.24, 2.45) is 0 Å². The molecule has 0 rings (SSSR count). The first-order chi connectivity index (χ1) is 4.85. The quantitative estimate of drug-likeness (QED) is 0.520. The van der Waals surface area contributed by atoms with Crippen LogP contribution in [0.2, 0.25) is 0 Å². The smallest absolute Gasteiger partial charge is 0.0311 e. The van der Waals surface area contributed by atoms with E-state index in [2.05, 4.69) is 39.0 Å². The summed E-state index contributed by atoms with van der Waals surface area (Å²) in [7, 11) is 0. The van der Waals surface area contributed by atoms with Crippen molar-refractivity contribution < 1.29 is 0 Å². The van der Waals surface area contributed by atoms with Gasteiger partial charge < -0.3 is 0 Å². The third kappa shape index (κ3) is 4.37. The Labute approximate surface area is 64.6 Å².